The van der Waals surface area contributed by atoms with Gasteiger partial charge in [0.05, 0.1) is 6.54 Å². The van der Waals surface area contributed by atoms with Crippen LogP contribution in [0.4, 0.5) is 0 Å². The Kier molecular flexibility index (Phi) is 3.27. The molecule has 78 valence electrons. The molecule has 0 atom stereocenters. The largest absolute Gasteiger partial charge is 0.298 e. The van der Waals surface area contributed by atoms with E-state index in [2.05, 4.69) is 12.7 Å². The van der Waals surface area contributed by atoms with E-state index in [9.17, 15) is 4.79 Å². The van der Waals surface area contributed by atoms with Crippen LogP contribution in [0.2, 0.25) is 0 Å². The molecule has 0 aromatic rings. The molecule has 0 aromatic carbocycles. The topological polar surface area (TPSA) is 20.3 Å². The monoisotopic (exact) mass is 193 g/mol. The van der Waals surface area contributed by atoms with Crippen molar-refractivity contribution in [1.82, 2.24) is 4.90 Å². The predicted molar refractivity (Wildman–Crippen MR) is 59.2 cm³/mol. The lowest BCUT2D eigenvalue weighted by atomic mass is 9.82. The summed E-state index contributed by atoms with van der Waals surface area (Å²) in [5.41, 5.74) is 0.983. The number of hydrogen-bond donors (Lipinski definition) is 0. The summed E-state index contributed by atoms with van der Waals surface area (Å²) in [4.78, 5) is 13.8. The highest BCUT2D eigenvalue weighted by molar-refractivity contribution is 5.86. The average Bonchev–Trinajstić information content (AvgIpc) is 2.10. The summed E-state index contributed by atoms with van der Waals surface area (Å²) in [6, 6.07) is 0. The maximum atomic E-state index is 11.8. The third-order valence-corrected chi connectivity index (χ3v) is 2.76. The highest BCUT2D eigenvalue weighted by atomic mass is 16.1. The van der Waals surface area contributed by atoms with Crippen LogP contribution in [-0.4, -0.2) is 30.8 Å². The Labute approximate surface area is 86.3 Å². The molecule has 1 rings (SSSR count). The third kappa shape index (κ3) is 2.55. The number of allylic oxidation sites excluding steroid dienone is 1. The highest BCUT2D eigenvalue weighted by Gasteiger charge is 2.28. The van der Waals surface area contributed by atoms with Gasteiger partial charge in [-0.1, -0.05) is 32.6 Å². The lowest BCUT2D eigenvalue weighted by molar-refractivity contribution is -0.127. The van der Waals surface area contributed by atoms with Gasteiger partial charge in [0, 0.05) is 12.0 Å². The molecule has 0 fully saturated rings. The zero-order valence-corrected chi connectivity index (χ0v) is 9.34. The van der Waals surface area contributed by atoms with Crippen molar-refractivity contribution in [3.8, 4) is 0 Å². The molecule has 0 bridgehead atoms. The first-order chi connectivity index (χ1) is 6.45. The number of rotatable bonds is 1. The molecule has 0 aromatic heterocycles. The second-order valence-electron chi connectivity index (χ2n) is 4.67. The smallest absolute Gasteiger partial charge is 0.152 e. The summed E-state index contributed by atoms with van der Waals surface area (Å²) in [6.45, 7) is 9.15. The molecule has 2 heteroatoms. The highest BCUT2D eigenvalue weighted by Crippen LogP contribution is 2.25. The first-order valence-electron chi connectivity index (χ1n) is 4.99. The van der Waals surface area contributed by atoms with Gasteiger partial charge in [-0.25, -0.2) is 0 Å². The lowest BCUT2D eigenvalue weighted by Gasteiger charge is -2.28. The first-order valence-corrected chi connectivity index (χ1v) is 4.99. The van der Waals surface area contributed by atoms with E-state index in [4.69, 9.17) is 0 Å². The number of hydrogen-bond acceptors (Lipinski definition) is 2. The maximum Gasteiger partial charge on any atom is 0.152 e. The van der Waals surface area contributed by atoms with E-state index in [0.717, 1.165) is 13.0 Å². The van der Waals surface area contributed by atoms with E-state index < -0.39 is 0 Å². The van der Waals surface area contributed by atoms with Crippen LogP contribution in [0.15, 0.2) is 24.3 Å². The normalized spacial score (nSPS) is 27.4. The second kappa shape index (κ2) is 4.09. The van der Waals surface area contributed by atoms with E-state index in [1.807, 2.05) is 31.9 Å². The third-order valence-electron chi connectivity index (χ3n) is 2.76. The summed E-state index contributed by atoms with van der Waals surface area (Å²) in [6.07, 6.45) is 4.82. The fourth-order valence-electron chi connectivity index (χ4n) is 1.54. The quantitative estimate of drug-likeness (QED) is 0.635. The van der Waals surface area contributed by atoms with Crippen molar-refractivity contribution in [1.29, 1.82) is 0 Å². The van der Waals surface area contributed by atoms with E-state index in [0.29, 0.717) is 12.3 Å². The Morgan fingerprint density at radius 2 is 2.14 bits per heavy atom. The second-order valence-corrected chi connectivity index (χ2v) is 4.67. The van der Waals surface area contributed by atoms with Gasteiger partial charge in [0.2, 0.25) is 0 Å². The van der Waals surface area contributed by atoms with Crippen molar-refractivity contribution >= 4 is 5.78 Å². The molecule has 1 heterocycles. The van der Waals surface area contributed by atoms with E-state index >= 15 is 0 Å². The molecular weight excluding hydrogens is 174 g/mol. The minimum Gasteiger partial charge on any atom is -0.298 e. The molecule has 0 radical (unpaired) electrons. The van der Waals surface area contributed by atoms with Crippen molar-refractivity contribution in [2.45, 2.75) is 20.3 Å². The predicted octanol–water partition coefficient (Wildman–Crippen LogP) is 2.03. The van der Waals surface area contributed by atoms with Crippen molar-refractivity contribution < 1.29 is 4.79 Å². The molecule has 0 amide bonds. The molecule has 14 heavy (non-hydrogen) atoms. The minimum absolute atomic E-state index is 0.233. The average molecular weight is 193 g/mol. The van der Waals surface area contributed by atoms with E-state index in [1.165, 1.54) is 5.57 Å². The molecule has 1 aliphatic heterocycles. The molecule has 0 saturated carbocycles. The Bertz CT molecular complexity index is 276. The Hall–Kier alpha value is -0.890. The molecular formula is C12H19NO. The van der Waals surface area contributed by atoms with Gasteiger partial charge in [0.15, 0.2) is 5.78 Å². The number of Topliss-reactive ketones (excluding diaryl/α,β-unsaturated/α-hetero) is 1. The summed E-state index contributed by atoms with van der Waals surface area (Å²) in [7, 11) is 1.97. The van der Waals surface area contributed by atoms with Crippen molar-refractivity contribution in [3.63, 3.8) is 0 Å². The number of nitrogens with zero attached hydrogens (tertiary/aromatic N) is 1. The van der Waals surface area contributed by atoms with Crippen LogP contribution in [0.3, 0.4) is 0 Å². The van der Waals surface area contributed by atoms with Crippen molar-refractivity contribution in [3.05, 3.63) is 24.3 Å². The van der Waals surface area contributed by atoms with Gasteiger partial charge in [-0.3, -0.25) is 9.69 Å². The van der Waals surface area contributed by atoms with Gasteiger partial charge in [0.1, 0.15) is 0 Å². The van der Waals surface area contributed by atoms with Crippen LogP contribution >= 0.6 is 0 Å². The maximum absolute atomic E-state index is 11.8. The number of carbonyl (C=O) groups excluding carboxylic acids is 1. The Balaban J connectivity index is 2.90. The van der Waals surface area contributed by atoms with Gasteiger partial charge in [-0.05, 0) is 19.0 Å². The SMILES string of the molecule is C=C/C1=C/CC(C)(C)C(=O)CN(C)C1. The zero-order chi connectivity index (χ0) is 10.8. The molecule has 0 unspecified atom stereocenters. The van der Waals surface area contributed by atoms with Crippen LogP contribution in [0.5, 0.6) is 0 Å². The Morgan fingerprint density at radius 1 is 1.50 bits per heavy atom. The molecule has 0 spiro atoms. The summed E-state index contributed by atoms with van der Waals surface area (Å²) >= 11 is 0. The molecule has 0 aliphatic carbocycles. The zero-order valence-electron chi connectivity index (χ0n) is 9.34. The van der Waals surface area contributed by atoms with Crippen LogP contribution in [-0.2, 0) is 4.79 Å². The number of ketones is 1. The summed E-state index contributed by atoms with van der Waals surface area (Å²) in [5, 5.41) is 0. The number of carbonyl (C=O) groups is 1. The molecule has 1 aliphatic rings. The van der Waals surface area contributed by atoms with Crippen LogP contribution in [0.25, 0.3) is 0 Å². The van der Waals surface area contributed by atoms with Crippen LogP contribution in [0.1, 0.15) is 20.3 Å². The molecule has 2 nitrogen and oxygen atoms in total. The first kappa shape index (κ1) is 11.2. The van der Waals surface area contributed by atoms with E-state index in [-0.39, 0.29) is 5.41 Å². The fraction of sp³-hybridized carbons (Fsp3) is 0.583. The van der Waals surface area contributed by atoms with Gasteiger partial charge in [-0.2, -0.15) is 0 Å². The minimum atomic E-state index is -0.233. The lowest BCUT2D eigenvalue weighted by Crippen LogP contribution is -2.37. The van der Waals surface area contributed by atoms with Gasteiger partial charge in [0.25, 0.3) is 0 Å². The van der Waals surface area contributed by atoms with Crippen molar-refractivity contribution in [2.75, 3.05) is 20.1 Å². The van der Waals surface area contributed by atoms with Gasteiger partial charge >= 0.3 is 0 Å². The van der Waals surface area contributed by atoms with Gasteiger partial charge < -0.3 is 0 Å². The van der Waals surface area contributed by atoms with Gasteiger partial charge in [-0.15, -0.1) is 0 Å². The van der Waals surface area contributed by atoms with Crippen LogP contribution in [0, 0.1) is 5.41 Å². The molecule has 0 N–H and O–H groups in total. The Morgan fingerprint density at radius 3 is 2.71 bits per heavy atom. The molecule has 0 saturated heterocycles. The number of likely N-dealkylation sites (N-methyl/N-ethyl adjacent to an activating group) is 1. The standard InChI is InChI=1S/C12H19NO/c1-5-10-6-7-12(2,3)11(14)9-13(4)8-10/h5-6H,1,7-9H2,2-4H3/b10-6-. The van der Waals surface area contributed by atoms with Crippen LogP contribution < -0.4 is 0 Å². The fourth-order valence-corrected chi connectivity index (χ4v) is 1.54. The van der Waals surface area contributed by atoms with Crippen molar-refractivity contribution in [2.24, 2.45) is 5.41 Å². The van der Waals surface area contributed by atoms with E-state index in [1.54, 1.807) is 0 Å². The summed E-state index contributed by atoms with van der Waals surface area (Å²) in [5.74, 6) is 0.319. The summed E-state index contributed by atoms with van der Waals surface area (Å²) < 4.78 is 0.